The minimum absolute atomic E-state index is 0.926. The zero-order chi connectivity index (χ0) is 14.5. The van der Waals surface area contributed by atoms with E-state index in [1.54, 1.807) is 0 Å². The van der Waals surface area contributed by atoms with Crippen LogP contribution in [0, 0.1) is 0 Å². The number of hydrogen-bond acceptors (Lipinski definition) is 2. The standard InChI is InChI=1S/C19H20N2/c1-2-20-14-17-8-4-3-7-15(17)13-16-11-12-21-19-10-6-5-9-18(16)19/h3-12,20H,2,13-14H2,1H3. The van der Waals surface area contributed by atoms with E-state index in [1.807, 2.05) is 12.3 Å². The molecule has 0 bridgehead atoms. The molecule has 0 amide bonds. The van der Waals surface area contributed by atoms with Gasteiger partial charge in [-0.3, -0.25) is 4.98 Å². The summed E-state index contributed by atoms with van der Waals surface area (Å²) in [7, 11) is 0. The van der Waals surface area contributed by atoms with E-state index in [2.05, 4.69) is 65.8 Å². The van der Waals surface area contributed by atoms with E-state index in [9.17, 15) is 0 Å². The number of para-hydroxylation sites is 1. The third kappa shape index (κ3) is 3.11. The Kier molecular flexibility index (Phi) is 4.27. The first kappa shape index (κ1) is 13.8. The predicted octanol–water partition coefficient (Wildman–Crippen LogP) is 3.94. The average molecular weight is 276 g/mol. The molecule has 2 heteroatoms. The number of fused-ring (bicyclic) bond motifs is 1. The van der Waals surface area contributed by atoms with E-state index >= 15 is 0 Å². The summed E-state index contributed by atoms with van der Waals surface area (Å²) in [5.74, 6) is 0. The number of aromatic nitrogens is 1. The van der Waals surface area contributed by atoms with Gasteiger partial charge in [0.15, 0.2) is 0 Å². The third-order valence-corrected chi connectivity index (χ3v) is 3.80. The number of benzene rings is 2. The molecule has 0 fully saturated rings. The average Bonchev–Trinajstić information content (AvgIpc) is 2.54. The van der Waals surface area contributed by atoms with Crippen LogP contribution in [0.15, 0.2) is 60.8 Å². The lowest BCUT2D eigenvalue weighted by molar-refractivity contribution is 0.721. The fourth-order valence-electron chi connectivity index (χ4n) is 2.68. The summed E-state index contributed by atoms with van der Waals surface area (Å²) in [4.78, 5) is 4.44. The Balaban J connectivity index is 1.95. The first-order chi connectivity index (χ1) is 10.4. The number of rotatable bonds is 5. The van der Waals surface area contributed by atoms with Crippen molar-refractivity contribution in [3.05, 3.63) is 77.5 Å². The van der Waals surface area contributed by atoms with Crippen LogP contribution in [0.1, 0.15) is 23.6 Å². The minimum Gasteiger partial charge on any atom is -0.313 e. The fraction of sp³-hybridized carbons (Fsp3) is 0.211. The quantitative estimate of drug-likeness (QED) is 0.763. The zero-order valence-electron chi connectivity index (χ0n) is 12.3. The summed E-state index contributed by atoms with van der Waals surface area (Å²) in [6, 6.07) is 19.1. The van der Waals surface area contributed by atoms with Crippen molar-refractivity contribution < 1.29 is 0 Å². The van der Waals surface area contributed by atoms with Gasteiger partial charge in [-0.25, -0.2) is 0 Å². The van der Waals surface area contributed by atoms with Gasteiger partial charge < -0.3 is 5.32 Å². The van der Waals surface area contributed by atoms with Gasteiger partial charge in [0.25, 0.3) is 0 Å². The van der Waals surface area contributed by atoms with Crippen LogP contribution >= 0.6 is 0 Å². The van der Waals surface area contributed by atoms with Crippen LogP contribution in [0.4, 0.5) is 0 Å². The second-order valence-corrected chi connectivity index (χ2v) is 5.21. The second kappa shape index (κ2) is 6.51. The molecule has 0 saturated carbocycles. The predicted molar refractivity (Wildman–Crippen MR) is 88.4 cm³/mol. The van der Waals surface area contributed by atoms with E-state index in [0.29, 0.717) is 0 Å². The molecule has 0 aliphatic heterocycles. The minimum atomic E-state index is 0.926. The molecular formula is C19H20N2. The molecule has 106 valence electrons. The van der Waals surface area contributed by atoms with E-state index in [-0.39, 0.29) is 0 Å². The van der Waals surface area contributed by atoms with Gasteiger partial charge in [0.1, 0.15) is 0 Å². The van der Waals surface area contributed by atoms with Gasteiger partial charge >= 0.3 is 0 Å². The largest absolute Gasteiger partial charge is 0.313 e. The Morgan fingerprint density at radius 3 is 2.48 bits per heavy atom. The SMILES string of the molecule is CCNCc1ccccc1Cc1ccnc2ccccc12. The lowest BCUT2D eigenvalue weighted by Gasteiger charge is -2.11. The van der Waals surface area contributed by atoms with Gasteiger partial charge in [0.2, 0.25) is 0 Å². The van der Waals surface area contributed by atoms with Crippen molar-refractivity contribution in [2.75, 3.05) is 6.54 Å². The summed E-state index contributed by atoms with van der Waals surface area (Å²) in [5, 5.41) is 4.66. The molecule has 3 aromatic rings. The highest BCUT2D eigenvalue weighted by Gasteiger charge is 2.06. The van der Waals surface area contributed by atoms with Gasteiger partial charge in [-0.1, -0.05) is 49.4 Å². The summed E-state index contributed by atoms with van der Waals surface area (Å²) in [5.41, 5.74) is 5.17. The van der Waals surface area contributed by atoms with Crippen LogP contribution in [0.25, 0.3) is 10.9 Å². The molecule has 1 heterocycles. The molecule has 0 aliphatic carbocycles. The molecule has 1 aromatic heterocycles. The van der Waals surface area contributed by atoms with Crippen molar-refractivity contribution in [2.24, 2.45) is 0 Å². The molecule has 0 atom stereocenters. The molecule has 0 unspecified atom stereocenters. The lowest BCUT2D eigenvalue weighted by atomic mass is 9.97. The van der Waals surface area contributed by atoms with Crippen molar-refractivity contribution in [1.29, 1.82) is 0 Å². The first-order valence-corrected chi connectivity index (χ1v) is 7.48. The van der Waals surface area contributed by atoms with Crippen LogP contribution in [0.5, 0.6) is 0 Å². The maximum Gasteiger partial charge on any atom is 0.0704 e. The third-order valence-electron chi connectivity index (χ3n) is 3.80. The number of pyridine rings is 1. The maximum absolute atomic E-state index is 4.44. The lowest BCUT2D eigenvalue weighted by Crippen LogP contribution is -2.13. The van der Waals surface area contributed by atoms with Crippen LogP contribution in [-0.4, -0.2) is 11.5 Å². The van der Waals surface area contributed by atoms with Gasteiger partial charge in [0.05, 0.1) is 5.52 Å². The van der Waals surface area contributed by atoms with Crippen molar-refractivity contribution in [1.82, 2.24) is 10.3 Å². The van der Waals surface area contributed by atoms with Crippen molar-refractivity contribution in [3.63, 3.8) is 0 Å². The molecule has 0 aliphatic rings. The first-order valence-electron chi connectivity index (χ1n) is 7.48. The maximum atomic E-state index is 4.44. The Morgan fingerprint density at radius 2 is 1.62 bits per heavy atom. The smallest absolute Gasteiger partial charge is 0.0704 e. The molecule has 2 aromatic carbocycles. The van der Waals surface area contributed by atoms with Gasteiger partial charge in [0, 0.05) is 18.1 Å². The molecule has 2 nitrogen and oxygen atoms in total. The Bertz CT molecular complexity index is 729. The van der Waals surface area contributed by atoms with E-state index in [4.69, 9.17) is 0 Å². The van der Waals surface area contributed by atoms with Crippen LogP contribution in [0.2, 0.25) is 0 Å². The summed E-state index contributed by atoms with van der Waals surface area (Å²) < 4.78 is 0. The molecular weight excluding hydrogens is 256 g/mol. The molecule has 0 radical (unpaired) electrons. The molecule has 3 rings (SSSR count). The Hall–Kier alpha value is -2.19. The number of hydrogen-bond donors (Lipinski definition) is 1. The molecule has 21 heavy (non-hydrogen) atoms. The van der Waals surface area contributed by atoms with Crippen molar-refractivity contribution in [3.8, 4) is 0 Å². The highest BCUT2D eigenvalue weighted by molar-refractivity contribution is 5.82. The topological polar surface area (TPSA) is 24.9 Å². The van der Waals surface area contributed by atoms with Gasteiger partial charge in [-0.15, -0.1) is 0 Å². The van der Waals surface area contributed by atoms with Gasteiger partial charge in [-0.2, -0.15) is 0 Å². The molecule has 0 saturated heterocycles. The van der Waals surface area contributed by atoms with E-state index < -0.39 is 0 Å². The van der Waals surface area contributed by atoms with Crippen molar-refractivity contribution in [2.45, 2.75) is 19.9 Å². The number of nitrogens with one attached hydrogen (secondary N) is 1. The van der Waals surface area contributed by atoms with Gasteiger partial charge in [-0.05, 0) is 41.8 Å². The summed E-state index contributed by atoms with van der Waals surface area (Å²) in [6.45, 7) is 4.06. The fourth-order valence-corrected chi connectivity index (χ4v) is 2.68. The monoisotopic (exact) mass is 276 g/mol. The zero-order valence-corrected chi connectivity index (χ0v) is 12.3. The van der Waals surface area contributed by atoms with E-state index in [0.717, 1.165) is 25.0 Å². The normalized spacial score (nSPS) is 10.9. The highest BCUT2D eigenvalue weighted by atomic mass is 14.8. The molecule has 0 spiro atoms. The van der Waals surface area contributed by atoms with E-state index in [1.165, 1.54) is 22.1 Å². The summed E-state index contributed by atoms with van der Waals surface area (Å²) in [6.07, 6.45) is 2.86. The Labute approximate surface area is 125 Å². The molecule has 1 N–H and O–H groups in total. The van der Waals surface area contributed by atoms with Crippen LogP contribution < -0.4 is 5.32 Å². The van der Waals surface area contributed by atoms with Crippen LogP contribution in [0.3, 0.4) is 0 Å². The summed E-state index contributed by atoms with van der Waals surface area (Å²) >= 11 is 0. The second-order valence-electron chi connectivity index (χ2n) is 5.21. The highest BCUT2D eigenvalue weighted by Crippen LogP contribution is 2.21. The van der Waals surface area contributed by atoms with Crippen molar-refractivity contribution >= 4 is 10.9 Å². The number of nitrogens with zero attached hydrogens (tertiary/aromatic N) is 1. The van der Waals surface area contributed by atoms with Crippen LogP contribution in [-0.2, 0) is 13.0 Å². The Morgan fingerprint density at radius 1 is 0.857 bits per heavy atom.